The molecule has 1 aliphatic rings. The highest BCUT2D eigenvalue weighted by Crippen LogP contribution is 2.29. The molecule has 1 heterocycles. The van der Waals surface area contributed by atoms with Crippen molar-refractivity contribution in [2.45, 2.75) is 32.2 Å². The third-order valence-electron chi connectivity index (χ3n) is 3.20. The third kappa shape index (κ3) is 3.44. The molecule has 1 saturated carbocycles. The Morgan fingerprint density at radius 1 is 1.50 bits per heavy atom. The molecule has 1 amide bonds. The quantitative estimate of drug-likeness (QED) is 0.807. The van der Waals surface area contributed by atoms with Crippen molar-refractivity contribution in [2.75, 3.05) is 6.54 Å². The molecule has 1 fully saturated rings. The molecule has 0 spiro atoms. The molecule has 1 aliphatic carbocycles. The van der Waals surface area contributed by atoms with E-state index in [1.807, 2.05) is 11.8 Å². The number of carbonyl (C=O) groups is 2. The van der Waals surface area contributed by atoms with Gasteiger partial charge in [-0.05, 0) is 31.4 Å². The molecule has 0 aliphatic heterocycles. The van der Waals surface area contributed by atoms with Crippen molar-refractivity contribution >= 4 is 18.0 Å². The van der Waals surface area contributed by atoms with Gasteiger partial charge in [0.15, 0.2) is 0 Å². The molecule has 0 saturated heterocycles. The summed E-state index contributed by atoms with van der Waals surface area (Å²) >= 11 is 0. The van der Waals surface area contributed by atoms with Crippen LogP contribution in [0.3, 0.4) is 0 Å². The first-order valence-corrected chi connectivity index (χ1v) is 6.79. The Balaban J connectivity index is 2.26. The molecule has 1 aromatic rings. The summed E-state index contributed by atoms with van der Waals surface area (Å²) in [7, 11) is 0. The van der Waals surface area contributed by atoms with Crippen molar-refractivity contribution in [3.63, 3.8) is 0 Å². The smallest absolute Gasteiger partial charge is 0.328 e. The summed E-state index contributed by atoms with van der Waals surface area (Å²) in [5.74, 6) is -1.08. The second-order valence-corrected chi connectivity index (χ2v) is 4.86. The van der Waals surface area contributed by atoms with Gasteiger partial charge in [-0.3, -0.25) is 9.78 Å². The zero-order chi connectivity index (χ0) is 14.5. The summed E-state index contributed by atoms with van der Waals surface area (Å²) in [6.07, 6.45) is 8.53. The van der Waals surface area contributed by atoms with Gasteiger partial charge in [-0.25, -0.2) is 4.79 Å². The molecule has 5 heteroatoms. The van der Waals surface area contributed by atoms with Gasteiger partial charge in [0.05, 0.1) is 0 Å². The van der Waals surface area contributed by atoms with Gasteiger partial charge in [0, 0.05) is 42.2 Å². The zero-order valence-electron chi connectivity index (χ0n) is 11.5. The molecule has 20 heavy (non-hydrogen) atoms. The molecule has 1 aromatic heterocycles. The molecular formula is C15H18N2O3. The number of hydrogen-bond donors (Lipinski definition) is 1. The summed E-state index contributed by atoms with van der Waals surface area (Å²) in [4.78, 5) is 29.0. The lowest BCUT2D eigenvalue weighted by molar-refractivity contribution is -0.131. The lowest BCUT2D eigenvalue weighted by atomic mass is 10.1. The third-order valence-corrected chi connectivity index (χ3v) is 3.20. The molecule has 0 radical (unpaired) electrons. The van der Waals surface area contributed by atoms with E-state index in [-0.39, 0.29) is 5.91 Å². The number of carboxylic acids is 1. The topological polar surface area (TPSA) is 70.5 Å². The predicted octanol–water partition coefficient (Wildman–Crippen LogP) is 2.19. The van der Waals surface area contributed by atoms with Crippen molar-refractivity contribution < 1.29 is 14.7 Å². The van der Waals surface area contributed by atoms with E-state index >= 15 is 0 Å². The minimum atomic E-state index is -1.04. The number of nitrogens with zero attached hydrogens (tertiary/aromatic N) is 2. The molecule has 0 bridgehead atoms. The van der Waals surface area contributed by atoms with Crippen LogP contribution in [0.15, 0.2) is 24.5 Å². The summed E-state index contributed by atoms with van der Waals surface area (Å²) in [6, 6.07) is 1.99. The number of amides is 1. The SMILES string of the molecule is CCCN(C(=O)c1ccncc1C=CC(=O)O)C1CC1. The van der Waals surface area contributed by atoms with Crippen molar-refractivity contribution in [2.24, 2.45) is 0 Å². The number of hydrogen-bond acceptors (Lipinski definition) is 3. The average molecular weight is 274 g/mol. The largest absolute Gasteiger partial charge is 0.478 e. The Labute approximate surface area is 117 Å². The van der Waals surface area contributed by atoms with E-state index in [4.69, 9.17) is 5.11 Å². The Morgan fingerprint density at radius 3 is 2.85 bits per heavy atom. The molecule has 106 valence electrons. The van der Waals surface area contributed by atoms with Crippen LogP contribution in [0.5, 0.6) is 0 Å². The molecule has 1 N–H and O–H groups in total. The van der Waals surface area contributed by atoms with Crippen LogP contribution >= 0.6 is 0 Å². The van der Waals surface area contributed by atoms with Crippen LogP contribution in [-0.2, 0) is 4.79 Å². The Morgan fingerprint density at radius 2 is 2.25 bits per heavy atom. The van der Waals surface area contributed by atoms with Crippen LogP contribution in [0.4, 0.5) is 0 Å². The van der Waals surface area contributed by atoms with E-state index in [9.17, 15) is 9.59 Å². The van der Waals surface area contributed by atoms with E-state index in [0.29, 0.717) is 17.2 Å². The Kier molecular flexibility index (Phi) is 4.50. The fourth-order valence-corrected chi connectivity index (χ4v) is 2.13. The van der Waals surface area contributed by atoms with Gasteiger partial charge in [0.1, 0.15) is 0 Å². The number of carbonyl (C=O) groups excluding carboxylic acids is 1. The standard InChI is InChI=1S/C15H18N2O3/c1-2-9-17(12-4-5-12)15(20)13-7-8-16-10-11(13)3-6-14(18)19/h3,6-8,10,12H,2,4-5,9H2,1H3,(H,18,19). The van der Waals surface area contributed by atoms with Crippen LogP contribution < -0.4 is 0 Å². The summed E-state index contributed by atoms with van der Waals surface area (Å²) < 4.78 is 0. The van der Waals surface area contributed by atoms with E-state index in [1.54, 1.807) is 12.3 Å². The number of pyridine rings is 1. The molecular weight excluding hydrogens is 256 g/mol. The van der Waals surface area contributed by atoms with Crippen LogP contribution in [0.1, 0.15) is 42.1 Å². The van der Waals surface area contributed by atoms with Gasteiger partial charge >= 0.3 is 5.97 Å². The molecule has 0 atom stereocenters. The van der Waals surface area contributed by atoms with E-state index in [0.717, 1.165) is 31.9 Å². The maximum atomic E-state index is 12.6. The fraction of sp³-hybridized carbons (Fsp3) is 0.400. The normalized spacial score (nSPS) is 14.4. The average Bonchev–Trinajstić information content (AvgIpc) is 3.26. The van der Waals surface area contributed by atoms with Gasteiger partial charge in [-0.2, -0.15) is 0 Å². The van der Waals surface area contributed by atoms with Gasteiger partial charge < -0.3 is 10.0 Å². The molecule has 0 unspecified atom stereocenters. The maximum Gasteiger partial charge on any atom is 0.328 e. The van der Waals surface area contributed by atoms with Gasteiger partial charge in [-0.15, -0.1) is 0 Å². The lowest BCUT2D eigenvalue weighted by Crippen LogP contribution is -2.34. The monoisotopic (exact) mass is 274 g/mol. The minimum absolute atomic E-state index is 0.0400. The highest BCUT2D eigenvalue weighted by molar-refractivity contribution is 5.99. The van der Waals surface area contributed by atoms with Crippen molar-refractivity contribution in [3.05, 3.63) is 35.7 Å². The predicted molar refractivity (Wildman–Crippen MR) is 75.3 cm³/mol. The van der Waals surface area contributed by atoms with Crippen molar-refractivity contribution in [1.82, 2.24) is 9.88 Å². The first-order valence-electron chi connectivity index (χ1n) is 6.79. The number of aromatic nitrogens is 1. The highest BCUT2D eigenvalue weighted by atomic mass is 16.4. The first-order chi connectivity index (χ1) is 9.63. The van der Waals surface area contributed by atoms with Crippen LogP contribution in [0.2, 0.25) is 0 Å². The Hall–Kier alpha value is -2.17. The lowest BCUT2D eigenvalue weighted by Gasteiger charge is -2.22. The second-order valence-electron chi connectivity index (χ2n) is 4.86. The van der Waals surface area contributed by atoms with Gasteiger partial charge in [0.2, 0.25) is 0 Å². The molecule has 2 rings (SSSR count). The second kappa shape index (κ2) is 6.32. The summed E-state index contributed by atoms with van der Waals surface area (Å²) in [5.41, 5.74) is 1.06. The number of aliphatic carboxylic acids is 1. The van der Waals surface area contributed by atoms with E-state index in [1.165, 1.54) is 12.3 Å². The van der Waals surface area contributed by atoms with Gasteiger partial charge in [0.25, 0.3) is 5.91 Å². The fourth-order valence-electron chi connectivity index (χ4n) is 2.13. The van der Waals surface area contributed by atoms with E-state index < -0.39 is 5.97 Å². The van der Waals surface area contributed by atoms with Crippen molar-refractivity contribution in [1.29, 1.82) is 0 Å². The molecule has 0 aromatic carbocycles. The van der Waals surface area contributed by atoms with Crippen LogP contribution in [0, 0.1) is 0 Å². The van der Waals surface area contributed by atoms with E-state index in [2.05, 4.69) is 4.98 Å². The van der Waals surface area contributed by atoms with Crippen LogP contribution in [0.25, 0.3) is 6.08 Å². The van der Waals surface area contributed by atoms with Crippen molar-refractivity contribution in [3.8, 4) is 0 Å². The molecule has 5 nitrogen and oxygen atoms in total. The summed E-state index contributed by atoms with van der Waals surface area (Å²) in [6.45, 7) is 2.77. The number of carboxylic acid groups (broad SMARTS) is 1. The minimum Gasteiger partial charge on any atom is -0.478 e. The summed E-state index contributed by atoms with van der Waals surface area (Å²) in [5, 5.41) is 8.69. The number of rotatable bonds is 6. The highest BCUT2D eigenvalue weighted by Gasteiger charge is 2.32. The first kappa shape index (κ1) is 14.2. The zero-order valence-corrected chi connectivity index (χ0v) is 11.5. The Bertz CT molecular complexity index is 536. The van der Waals surface area contributed by atoms with Crippen LogP contribution in [-0.4, -0.2) is 39.5 Å². The van der Waals surface area contributed by atoms with Gasteiger partial charge in [-0.1, -0.05) is 6.92 Å². The maximum absolute atomic E-state index is 12.6.